The minimum atomic E-state index is -1.22. The first-order valence-electron chi connectivity index (χ1n) is 3.69. The molecular weight excluding hydrogens is 172 g/mol. The van der Waals surface area contributed by atoms with Crippen LogP contribution in [0.4, 0.5) is 0 Å². The molecule has 0 saturated heterocycles. The quantitative estimate of drug-likeness (QED) is 0.660. The lowest BCUT2D eigenvalue weighted by atomic mass is 10.1. The van der Waals surface area contributed by atoms with E-state index in [1.165, 1.54) is 11.8 Å². The van der Waals surface area contributed by atoms with Crippen molar-refractivity contribution in [1.82, 2.24) is 0 Å². The van der Waals surface area contributed by atoms with Gasteiger partial charge in [-0.2, -0.15) is 0 Å². The number of fused-ring (bicyclic) bond motifs is 1. The van der Waals surface area contributed by atoms with Crippen molar-refractivity contribution in [2.75, 3.05) is 0 Å². The molecule has 12 heavy (non-hydrogen) atoms. The van der Waals surface area contributed by atoms with Crippen molar-refractivity contribution in [1.29, 1.82) is 0 Å². The maximum absolute atomic E-state index is 10.5. The van der Waals surface area contributed by atoms with Gasteiger partial charge in [0.05, 0.1) is 0 Å². The summed E-state index contributed by atoms with van der Waals surface area (Å²) in [6.07, 6.45) is 1.04. The normalized spacial score (nSPS) is 26.8. The summed E-state index contributed by atoms with van der Waals surface area (Å²) in [5.41, 5.74) is 1.05. The number of carbonyl (C=O) groups excluding carboxylic acids is 1. The maximum atomic E-state index is 10.5. The second-order valence-electron chi connectivity index (χ2n) is 2.85. The van der Waals surface area contributed by atoms with E-state index in [-0.39, 0.29) is 0 Å². The SMILES string of the molecule is O=CC1(O)Cc2ccccc2S1. The molecule has 0 aromatic heterocycles. The van der Waals surface area contributed by atoms with Crippen LogP contribution in [0.25, 0.3) is 0 Å². The van der Waals surface area contributed by atoms with E-state index >= 15 is 0 Å². The molecule has 0 radical (unpaired) electrons. The fourth-order valence-corrected chi connectivity index (χ4v) is 2.39. The van der Waals surface area contributed by atoms with Gasteiger partial charge in [-0.1, -0.05) is 30.0 Å². The number of benzene rings is 1. The molecule has 62 valence electrons. The molecule has 1 unspecified atom stereocenters. The fourth-order valence-electron chi connectivity index (χ4n) is 1.31. The Hall–Kier alpha value is -0.800. The molecule has 1 aromatic carbocycles. The average molecular weight is 180 g/mol. The van der Waals surface area contributed by atoms with Gasteiger partial charge in [0.2, 0.25) is 0 Å². The Bertz CT molecular complexity index is 297. The van der Waals surface area contributed by atoms with E-state index in [0.717, 1.165) is 10.5 Å². The van der Waals surface area contributed by atoms with E-state index in [4.69, 9.17) is 0 Å². The molecule has 1 aliphatic heterocycles. The Kier molecular flexibility index (Phi) is 1.70. The highest BCUT2D eigenvalue weighted by molar-refractivity contribution is 8.01. The number of carbonyl (C=O) groups is 1. The summed E-state index contributed by atoms with van der Waals surface area (Å²) in [7, 11) is 0. The molecule has 1 atom stereocenters. The highest BCUT2D eigenvalue weighted by Crippen LogP contribution is 2.41. The summed E-state index contributed by atoms with van der Waals surface area (Å²) in [4.78, 5) is 10.3. The van der Waals surface area contributed by atoms with Crippen molar-refractivity contribution < 1.29 is 9.90 Å². The largest absolute Gasteiger partial charge is 0.372 e. The van der Waals surface area contributed by atoms with Crippen LogP contribution in [-0.2, 0) is 11.2 Å². The standard InChI is InChI=1S/C9H8O2S/c10-6-9(11)5-7-3-1-2-4-8(7)12-9/h1-4,6,11H,5H2. The molecule has 0 saturated carbocycles. The maximum Gasteiger partial charge on any atom is 0.174 e. The van der Waals surface area contributed by atoms with Crippen LogP contribution in [0, 0.1) is 0 Å². The van der Waals surface area contributed by atoms with Gasteiger partial charge in [-0.25, -0.2) is 0 Å². The number of hydrogen-bond acceptors (Lipinski definition) is 3. The summed E-state index contributed by atoms with van der Waals surface area (Å²) >= 11 is 1.23. The van der Waals surface area contributed by atoms with E-state index < -0.39 is 4.93 Å². The third-order valence-electron chi connectivity index (χ3n) is 1.89. The summed E-state index contributed by atoms with van der Waals surface area (Å²) in [6.45, 7) is 0. The smallest absolute Gasteiger partial charge is 0.174 e. The number of rotatable bonds is 1. The lowest BCUT2D eigenvalue weighted by molar-refractivity contribution is -0.116. The number of aldehydes is 1. The van der Waals surface area contributed by atoms with Gasteiger partial charge < -0.3 is 5.11 Å². The first kappa shape index (κ1) is 7.83. The zero-order valence-electron chi connectivity index (χ0n) is 6.36. The predicted molar refractivity (Wildman–Crippen MR) is 47.0 cm³/mol. The third kappa shape index (κ3) is 1.15. The summed E-state index contributed by atoms with van der Waals surface area (Å²) in [5.74, 6) is 0. The average Bonchev–Trinajstić information content (AvgIpc) is 2.42. The van der Waals surface area contributed by atoms with Crippen molar-refractivity contribution in [2.24, 2.45) is 0 Å². The molecule has 1 N–H and O–H groups in total. The number of thioether (sulfide) groups is 1. The number of hydrogen-bond donors (Lipinski definition) is 1. The van der Waals surface area contributed by atoms with Crippen molar-refractivity contribution >= 4 is 18.0 Å². The molecule has 1 heterocycles. The van der Waals surface area contributed by atoms with Crippen molar-refractivity contribution in [2.45, 2.75) is 16.2 Å². The first-order valence-corrected chi connectivity index (χ1v) is 4.51. The minimum Gasteiger partial charge on any atom is -0.372 e. The summed E-state index contributed by atoms with van der Waals surface area (Å²) in [5, 5.41) is 9.62. The predicted octanol–water partition coefficient (Wildman–Crippen LogP) is 1.22. The van der Waals surface area contributed by atoms with Crippen LogP contribution in [0.5, 0.6) is 0 Å². The fraction of sp³-hybridized carbons (Fsp3) is 0.222. The van der Waals surface area contributed by atoms with Gasteiger partial charge in [-0.15, -0.1) is 0 Å². The van der Waals surface area contributed by atoms with E-state index in [9.17, 15) is 9.90 Å². The van der Waals surface area contributed by atoms with Gasteiger partial charge in [0.15, 0.2) is 11.2 Å². The Balaban J connectivity index is 2.39. The van der Waals surface area contributed by atoms with Gasteiger partial charge >= 0.3 is 0 Å². The molecule has 0 bridgehead atoms. The highest BCUT2D eigenvalue weighted by atomic mass is 32.2. The van der Waals surface area contributed by atoms with Crippen molar-refractivity contribution in [3.05, 3.63) is 29.8 Å². The second kappa shape index (κ2) is 2.61. The zero-order valence-corrected chi connectivity index (χ0v) is 7.17. The lowest BCUT2D eigenvalue weighted by Crippen LogP contribution is -2.24. The van der Waals surface area contributed by atoms with Crippen LogP contribution in [0.2, 0.25) is 0 Å². The van der Waals surface area contributed by atoms with E-state index in [0.29, 0.717) is 12.7 Å². The molecule has 0 aliphatic carbocycles. The summed E-state index contributed by atoms with van der Waals surface area (Å²) in [6, 6.07) is 7.67. The molecule has 1 aromatic rings. The third-order valence-corrected chi connectivity index (χ3v) is 3.10. The van der Waals surface area contributed by atoms with Crippen LogP contribution in [-0.4, -0.2) is 16.3 Å². The molecule has 1 aliphatic rings. The van der Waals surface area contributed by atoms with Gasteiger partial charge in [-0.05, 0) is 11.6 Å². The molecular formula is C9H8O2S. The highest BCUT2D eigenvalue weighted by Gasteiger charge is 2.35. The van der Waals surface area contributed by atoms with Crippen LogP contribution < -0.4 is 0 Å². The molecule has 0 amide bonds. The molecule has 3 heteroatoms. The van der Waals surface area contributed by atoms with E-state index in [2.05, 4.69) is 0 Å². The van der Waals surface area contributed by atoms with Gasteiger partial charge in [0, 0.05) is 11.3 Å². The molecule has 2 nitrogen and oxygen atoms in total. The van der Waals surface area contributed by atoms with Gasteiger partial charge in [-0.3, -0.25) is 4.79 Å². The van der Waals surface area contributed by atoms with E-state index in [1.807, 2.05) is 24.3 Å². The molecule has 0 fully saturated rings. The van der Waals surface area contributed by atoms with Crippen LogP contribution in [0.1, 0.15) is 5.56 Å². The molecule has 0 spiro atoms. The van der Waals surface area contributed by atoms with Crippen molar-refractivity contribution in [3.8, 4) is 0 Å². The van der Waals surface area contributed by atoms with Crippen molar-refractivity contribution in [3.63, 3.8) is 0 Å². The van der Waals surface area contributed by atoms with Crippen LogP contribution >= 0.6 is 11.8 Å². The number of aliphatic hydroxyl groups is 1. The molecule has 2 rings (SSSR count). The second-order valence-corrected chi connectivity index (χ2v) is 4.20. The Morgan fingerprint density at radius 3 is 2.92 bits per heavy atom. The van der Waals surface area contributed by atoms with Crippen LogP contribution in [0.15, 0.2) is 29.2 Å². The minimum absolute atomic E-state index is 0.428. The monoisotopic (exact) mass is 180 g/mol. The Labute approximate surface area is 74.6 Å². The Morgan fingerprint density at radius 2 is 2.25 bits per heavy atom. The van der Waals surface area contributed by atoms with Crippen LogP contribution in [0.3, 0.4) is 0 Å². The lowest BCUT2D eigenvalue weighted by Gasteiger charge is -2.10. The zero-order chi connectivity index (χ0) is 8.60. The summed E-state index contributed by atoms with van der Waals surface area (Å²) < 4.78 is 0. The van der Waals surface area contributed by atoms with Gasteiger partial charge in [0.25, 0.3) is 0 Å². The topological polar surface area (TPSA) is 37.3 Å². The first-order chi connectivity index (χ1) is 5.73. The van der Waals surface area contributed by atoms with Gasteiger partial charge in [0.1, 0.15) is 0 Å². The Morgan fingerprint density at radius 1 is 1.50 bits per heavy atom. The van der Waals surface area contributed by atoms with E-state index in [1.54, 1.807) is 0 Å².